The van der Waals surface area contributed by atoms with Gasteiger partial charge in [0.25, 0.3) is 0 Å². The Labute approximate surface area is 362 Å². The molecule has 15 heteroatoms. The Morgan fingerprint density at radius 3 is 2.07 bits per heavy atom. The van der Waals surface area contributed by atoms with Crippen molar-refractivity contribution in [1.29, 1.82) is 0 Å². The summed E-state index contributed by atoms with van der Waals surface area (Å²) in [4.78, 5) is 79.4. The minimum atomic E-state index is -1.19. The minimum Gasteiger partial charge on any atom is -0.497 e. The number of amides is 4. The van der Waals surface area contributed by atoms with Crippen LogP contribution in [0.4, 0.5) is 0 Å². The van der Waals surface area contributed by atoms with Crippen LogP contribution >= 0.6 is 11.8 Å². The summed E-state index contributed by atoms with van der Waals surface area (Å²) in [5.74, 6) is -1.56. The molecule has 4 amide bonds. The van der Waals surface area contributed by atoms with Crippen molar-refractivity contribution < 1.29 is 55.9 Å². The number of methoxy groups -OCH3 is 1. The smallest absolute Gasteiger partial charge is 0.497 e. The van der Waals surface area contributed by atoms with Crippen molar-refractivity contribution >= 4 is 57.7 Å². The maximum atomic E-state index is 14.4. The van der Waals surface area contributed by atoms with Gasteiger partial charge in [-0.2, -0.15) is 13.1 Å². The summed E-state index contributed by atoms with van der Waals surface area (Å²) in [6, 6.07) is 16.7. The Balaban J connectivity index is 0.0000120. The van der Waals surface area contributed by atoms with E-state index in [1.54, 1.807) is 45.2 Å². The molecule has 0 unspecified atom stereocenters. The van der Waals surface area contributed by atoms with E-state index in [4.69, 9.17) is 11.8 Å². The Kier molecular flexibility index (Phi) is 21.0. The van der Waals surface area contributed by atoms with Gasteiger partial charge in [0, 0.05) is 37.7 Å². The van der Waals surface area contributed by atoms with Crippen LogP contribution in [0.25, 0.3) is 10.8 Å². The third kappa shape index (κ3) is 15.8. The molecule has 0 spiro atoms. The molecule has 58 heavy (non-hydrogen) atoms. The average Bonchev–Trinajstić information content (AvgIpc) is 3.22. The van der Waals surface area contributed by atoms with E-state index < -0.39 is 59.1 Å². The van der Waals surface area contributed by atoms with Crippen molar-refractivity contribution in [3.63, 3.8) is 0 Å². The molecule has 3 aromatic rings. The van der Waals surface area contributed by atoms with Crippen LogP contribution in [0.2, 0.25) is 0 Å². The predicted molar refractivity (Wildman–Crippen MR) is 225 cm³/mol. The van der Waals surface area contributed by atoms with Gasteiger partial charge in [-0.05, 0) is 78.9 Å². The Bertz CT molecular complexity index is 1850. The second kappa shape index (κ2) is 25.3. The molecule has 0 aromatic heterocycles. The molecule has 314 valence electrons. The van der Waals surface area contributed by atoms with Gasteiger partial charge in [0.05, 0.1) is 24.7 Å². The second-order valence-electron chi connectivity index (χ2n) is 14.2. The van der Waals surface area contributed by atoms with E-state index in [1.165, 1.54) is 18.7 Å². The SMILES string of the molecule is [3H][CH-]C(=O)[C@H](CCSC[C@H](N[CH2-])C(=O)N[C@@H](Cc1ccc(OC)cc1)C(=O)N[C@@H](Cc1ccc2ccccc2c1)C(=O)N[C@@](C)(CCCCN)C(=O)CC)NC(C)=O.[W+2]. The number of hydrogen-bond donors (Lipinski definition) is 6. The summed E-state index contributed by atoms with van der Waals surface area (Å²) in [5.41, 5.74) is 6.03. The quantitative estimate of drug-likeness (QED) is 0.0513. The van der Waals surface area contributed by atoms with Gasteiger partial charge >= 0.3 is 21.1 Å². The van der Waals surface area contributed by atoms with Crippen molar-refractivity contribution in [3.05, 3.63) is 91.8 Å². The molecule has 0 aliphatic heterocycles. The van der Waals surface area contributed by atoms with E-state index >= 15 is 0 Å². The van der Waals surface area contributed by atoms with E-state index in [0.717, 1.165) is 16.3 Å². The number of nitrogens with one attached hydrogen (secondary N) is 5. The van der Waals surface area contributed by atoms with E-state index in [0.29, 0.717) is 49.8 Å². The monoisotopic (exact) mass is 988 g/mol. The van der Waals surface area contributed by atoms with Gasteiger partial charge in [0.15, 0.2) is 5.78 Å². The van der Waals surface area contributed by atoms with E-state index in [9.17, 15) is 28.8 Å². The van der Waals surface area contributed by atoms with Crippen molar-refractivity contribution in [3.8, 4) is 5.75 Å². The molecule has 3 rings (SSSR count). The standard InChI is InChI=1S/C43H58N6O7S.W/c1-7-39(52)43(4,21-10-11-22-44)49-42(55)37(26-31-14-17-32-12-8-9-13-33(32)24-31)48-40(53)36(25-30-15-18-34(56-6)19-16-30)47-41(54)38(45-5)27-57-23-20-35(28(2)50)46-29(3)51;/h8-9,12-19,24,35-38,45H,2,5,7,10-11,20-23,25-27,44H2,1,3-4,6H3,(H,46,51)(H,47,54)(H,48,53)(H,49,55);/q-2;+2/t35-,36-,37-,38-,43-;/m0./s1/i2T;. The maximum Gasteiger partial charge on any atom is 2.00 e. The molecule has 0 aliphatic carbocycles. The number of hydrogen-bond acceptors (Lipinski definition) is 10. The van der Waals surface area contributed by atoms with Gasteiger partial charge in [0.2, 0.25) is 23.6 Å². The fourth-order valence-electron chi connectivity index (χ4n) is 6.37. The molecule has 5 atom stereocenters. The van der Waals surface area contributed by atoms with E-state index in [-0.39, 0.29) is 58.3 Å². The number of ether oxygens (including phenoxy) is 1. The molecule has 0 aliphatic rings. The number of thioether (sulfide) groups is 1. The molecule has 0 saturated carbocycles. The number of Topliss-reactive ketones (excluding diaryl/α,β-unsaturated/α-hetero) is 2. The third-order valence-corrected chi connectivity index (χ3v) is 10.8. The van der Waals surface area contributed by atoms with Gasteiger partial charge in [0.1, 0.15) is 17.8 Å². The van der Waals surface area contributed by atoms with Gasteiger partial charge in [-0.3, -0.25) is 31.0 Å². The van der Waals surface area contributed by atoms with Gasteiger partial charge < -0.3 is 48.7 Å². The van der Waals surface area contributed by atoms with Crippen molar-refractivity contribution in [1.82, 2.24) is 26.6 Å². The van der Waals surface area contributed by atoms with E-state index in [1.807, 2.05) is 42.5 Å². The van der Waals surface area contributed by atoms with Crippen LogP contribution in [0.15, 0.2) is 66.7 Å². The largest absolute Gasteiger partial charge is 2.00 e. The zero-order valence-electron chi connectivity index (χ0n) is 34.8. The minimum absolute atomic E-state index is 0. The molecule has 0 heterocycles. The summed E-state index contributed by atoms with van der Waals surface area (Å²) in [5, 5.41) is 16.0. The van der Waals surface area contributed by atoms with Crippen LogP contribution in [0.5, 0.6) is 5.75 Å². The number of benzene rings is 3. The molecule has 0 fully saturated rings. The zero-order valence-corrected chi connectivity index (χ0v) is 37.5. The summed E-state index contributed by atoms with van der Waals surface area (Å²) < 4.78 is 12.6. The predicted octanol–water partition coefficient (Wildman–Crippen LogP) is 3.36. The molecule has 13 nitrogen and oxygen atoms in total. The fourth-order valence-corrected chi connectivity index (χ4v) is 7.44. The molecule has 7 N–H and O–H groups in total. The number of carbonyl (C=O) groups is 6. The van der Waals surface area contributed by atoms with Crippen molar-refractivity contribution in [2.45, 2.75) is 95.4 Å². The van der Waals surface area contributed by atoms with Crippen molar-refractivity contribution in [2.24, 2.45) is 5.73 Å². The number of rotatable bonds is 26. The third-order valence-electron chi connectivity index (χ3n) is 9.70. The fraction of sp³-hybridized carbons (Fsp3) is 0.442. The van der Waals surface area contributed by atoms with Gasteiger partial charge in [-0.1, -0.05) is 61.5 Å². The van der Waals surface area contributed by atoms with Crippen LogP contribution in [0, 0.1) is 13.9 Å². The van der Waals surface area contributed by atoms with E-state index in [2.05, 4.69) is 33.6 Å². The van der Waals surface area contributed by atoms with Gasteiger partial charge in [-0.25, -0.2) is 0 Å². The van der Waals surface area contributed by atoms with Crippen LogP contribution in [-0.4, -0.2) is 90.1 Å². The first-order valence-corrected chi connectivity index (χ1v) is 20.3. The molecule has 0 saturated heterocycles. The number of unbranched alkanes of at least 4 members (excludes halogenated alkanes) is 1. The zero-order chi connectivity index (χ0) is 42.7. The molecule has 0 radical (unpaired) electrons. The second-order valence-corrected chi connectivity index (χ2v) is 15.3. The Morgan fingerprint density at radius 2 is 1.47 bits per heavy atom. The summed E-state index contributed by atoms with van der Waals surface area (Å²) in [7, 11) is 5.25. The first-order chi connectivity index (χ1) is 27.8. The first-order valence-electron chi connectivity index (χ1n) is 19.7. The number of nitrogens with two attached hydrogens (primary N) is 1. The molecular weight excluding hydrogens is 928 g/mol. The maximum absolute atomic E-state index is 14.4. The van der Waals surface area contributed by atoms with Gasteiger partial charge in [-0.15, -0.1) is 0 Å². The normalized spacial score (nSPS) is 14.2. The first kappa shape index (κ1) is 48.1. The summed E-state index contributed by atoms with van der Waals surface area (Å²) in [6.45, 7) is 5.84. The Hall–Kier alpha value is -4.23. The van der Waals surface area contributed by atoms with Crippen LogP contribution in [-0.2, 0) is 62.7 Å². The number of carbonyl (C=O) groups excluding carboxylic acids is 6. The molecule has 0 bridgehead atoms. The number of fused-ring (bicyclic) bond motifs is 1. The molecular formula is C43H58N6O7SW. The van der Waals surface area contributed by atoms with Crippen LogP contribution in [0.1, 0.15) is 65.4 Å². The average molecular weight is 989 g/mol. The topological polar surface area (TPSA) is 198 Å². The summed E-state index contributed by atoms with van der Waals surface area (Å²) >= 11 is 1.33. The molecule has 3 aromatic carbocycles. The van der Waals surface area contributed by atoms with Crippen LogP contribution in [0.3, 0.4) is 0 Å². The summed E-state index contributed by atoms with van der Waals surface area (Å²) in [6.07, 6.45) is 2.28. The number of ketones is 2. The van der Waals surface area contributed by atoms with Crippen molar-refractivity contribution in [2.75, 3.05) is 25.2 Å². The Morgan fingerprint density at radius 1 is 0.845 bits per heavy atom. The van der Waals surface area contributed by atoms with Crippen LogP contribution < -0.4 is 37.1 Å².